The van der Waals surface area contributed by atoms with E-state index in [1.54, 1.807) is 11.9 Å². The van der Waals surface area contributed by atoms with Crippen LogP contribution in [0.4, 0.5) is 0 Å². The van der Waals surface area contributed by atoms with E-state index in [0.29, 0.717) is 6.42 Å². The molecule has 0 aliphatic rings. The van der Waals surface area contributed by atoms with Crippen LogP contribution in [0.15, 0.2) is 42.5 Å². The highest BCUT2D eigenvalue weighted by atomic mass is 28.3. The summed E-state index contributed by atoms with van der Waals surface area (Å²) in [5, 5.41) is 10.5. The normalized spacial score (nSPS) is 16.0. The summed E-state index contributed by atoms with van der Waals surface area (Å²) in [4.78, 5) is 14.4. The molecular formula is C20H33NO2Si. The van der Waals surface area contributed by atoms with Crippen LogP contribution in [0.1, 0.15) is 31.9 Å². The summed E-state index contributed by atoms with van der Waals surface area (Å²) >= 11 is 0. The Bertz CT molecular complexity index is 536. The second-order valence-electron chi connectivity index (χ2n) is 7.86. The zero-order valence-electron chi connectivity index (χ0n) is 16.0. The fourth-order valence-electron chi connectivity index (χ4n) is 3.00. The van der Waals surface area contributed by atoms with Crippen molar-refractivity contribution in [2.24, 2.45) is 5.92 Å². The van der Waals surface area contributed by atoms with E-state index in [2.05, 4.69) is 25.7 Å². The number of likely N-dealkylation sites (N-methyl/N-ethyl adjacent to an activating group) is 1. The molecule has 0 radical (unpaired) electrons. The lowest BCUT2D eigenvalue weighted by Gasteiger charge is -2.31. The molecule has 0 aliphatic carbocycles. The van der Waals surface area contributed by atoms with Crippen LogP contribution >= 0.6 is 0 Å². The summed E-state index contributed by atoms with van der Waals surface area (Å²) in [5.41, 5.74) is 0.844. The average molecular weight is 348 g/mol. The largest absolute Gasteiger partial charge is 0.386 e. The number of hydrogen-bond acceptors (Lipinski definition) is 2. The lowest BCUT2D eigenvalue weighted by Crippen LogP contribution is -2.40. The number of benzene rings is 1. The molecule has 4 heteroatoms. The second kappa shape index (κ2) is 9.18. The summed E-state index contributed by atoms with van der Waals surface area (Å²) in [5.74, 6) is 0.386. The Kier molecular flexibility index (Phi) is 7.90. The first-order valence-electron chi connectivity index (χ1n) is 8.77. The quantitative estimate of drug-likeness (QED) is 0.556. The molecule has 0 fully saturated rings. The summed E-state index contributed by atoms with van der Waals surface area (Å²) in [6.45, 7) is 10.9. The van der Waals surface area contributed by atoms with E-state index in [1.807, 2.05) is 50.3 Å². The van der Waals surface area contributed by atoms with Crippen molar-refractivity contribution in [2.45, 2.75) is 58.1 Å². The molecule has 1 aromatic rings. The van der Waals surface area contributed by atoms with E-state index < -0.39 is 14.2 Å². The maximum atomic E-state index is 12.7. The molecule has 0 saturated heterocycles. The van der Waals surface area contributed by atoms with Crippen LogP contribution in [0, 0.1) is 5.92 Å². The molecule has 1 amide bonds. The van der Waals surface area contributed by atoms with Crippen molar-refractivity contribution < 1.29 is 9.90 Å². The van der Waals surface area contributed by atoms with Gasteiger partial charge in [0.2, 0.25) is 5.91 Å². The Morgan fingerprint density at radius 2 is 1.83 bits per heavy atom. The van der Waals surface area contributed by atoms with Gasteiger partial charge in [0.15, 0.2) is 0 Å². The molecule has 1 aromatic carbocycles. The smallest absolute Gasteiger partial charge is 0.223 e. The lowest BCUT2D eigenvalue weighted by atomic mass is 10.0. The second-order valence-corrected chi connectivity index (χ2v) is 13.4. The number of amides is 1. The fraction of sp³-hybridized carbons (Fsp3) is 0.550. The van der Waals surface area contributed by atoms with Crippen LogP contribution in [-0.4, -0.2) is 37.1 Å². The molecule has 0 saturated carbocycles. The minimum absolute atomic E-state index is 0.0961. The average Bonchev–Trinajstić information content (AvgIpc) is 2.52. The van der Waals surface area contributed by atoms with Gasteiger partial charge in [0, 0.05) is 21.5 Å². The molecule has 0 heterocycles. The van der Waals surface area contributed by atoms with Crippen molar-refractivity contribution in [1.82, 2.24) is 4.90 Å². The standard InChI is InChI=1S/C20H33NO2Si/c1-7-11-17(15-24(4,5)6)14-19(22)21(3)16(2)20(23)18-12-9-8-10-13-18/h7-13,16-17,20,23H,14-15H2,1-6H3/b11-7+/t16-,17+,20+/m0/s1. The van der Waals surface area contributed by atoms with Gasteiger partial charge in [-0.05, 0) is 25.3 Å². The van der Waals surface area contributed by atoms with Gasteiger partial charge >= 0.3 is 0 Å². The Balaban J connectivity index is 2.74. The Morgan fingerprint density at radius 1 is 1.25 bits per heavy atom. The van der Waals surface area contributed by atoms with Crippen molar-refractivity contribution in [3.8, 4) is 0 Å². The van der Waals surface area contributed by atoms with Crippen LogP contribution in [0.5, 0.6) is 0 Å². The van der Waals surface area contributed by atoms with Crippen LogP contribution in [-0.2, 0) is 4.79 Å². The molecule has 3 nitrogen and oxygen atoms in total. The van der Waals surface area contributed by atoms with E-state index in [9.17, 15) is 9.90 Å². The highest BCUT2D eigenvalue weighted by Gasteiger charge is 2.27. The van der Waals surface area contributed by atoms with Gasteiger partial charge in [0.05, 0.1) is 12.1 Å². The third-order valence-corrected chi connectivity index (χ3v) is 6.13. The third-order valence-electron chi connectivity index (χ3n) is 4.38. The summed E-state index contributed by atoms with van der Waals surface area (Å²) < 4.78 is 0. The van der Waals surface area contributed by atoms with Crippen molar-refractivity contribution in [3.05, 3.63) is 48.0 Å². The number of rotatable bonds is 8. The molecule has 0 spiro atoms. The van der Waals surface area contributed by atoms with Crippen LogP contribution < -0.4 is 0 Å². The zero-order valence-corrected chi connectivity index (χ0v) is 17.0. The summed E-state index contributed by atoms with van der Waals surface area (Å²) in [6.07, 6.45) is 4.04. The number of carbonyl (C=O) groups is 1. The monoisotopic (exact) mass is 347 g/mol. The van der Waals surface area contributed by atoms with Crippen LogP contribution in [0.3, 0.4) is 0 Å². The molecule has 0 aliphatic heterocycles. The van der Waals surface area contributed by atoms with Gasteiger partial charge < -0.3 is 10.0 Å². The first-order chi connectivity index (χ1) is 11.2. The molecule has 0 aromatic heterocycles. The maximum absolute atomic E-state index is 12.7. The number of aliphatic hydroxyl groups excluding tert-OH is 1. The third kappa shape index (κ3) is 6.61. The maximum Gasteiger partial charge on any atom is 0.223 e. The van der Waals surface area contributed by atoms with Crippen LogP contribution in [0.2, 0.25) is 25.7 Å². The molecule has 134 valence electrons. The Morgan fingerprint density at radius 3 is 2.33 bits per heavy atom. The van der Waals surface area contributed by atoms with Gasteiger partial charge in [-0.15, -0.1) is 0 Å². The predicted molar refractivity (Wildman–Crippen MR) is 105 cm³/mol. The molecule has 0 bridgehead atoms. The van der Waals surface area contributed by atoms with Gasteiger partial charge in [0.25, 0.3) is 0 Å². The SMILES string of the molecule is C/C=C/[C@H](CC(=O)N(C)[C@@H](C)[C@@H](O)c1ccccc1)C[Si](C)(C)C. The van der Waals surface area contributed by atoms with Gasteiger partial charge in [-0.3, -0.25) is 4.79 Å². The van der Waals surface area contributed by atoms with Crippen LogP contribution in [0.25, 0.3) is 0 Å². The van der Waals surface area contributed by atoms with E-state index >= 15 is 0 Å². The number of nitrogens with zero attached hydrogens (tertiary/aromatic N) is 1. The predicted octanol–water partition coefficient (Wildman–Crippen LogP) is 4.49. The van der Waals surface area contributed by atoms with Crippen molar-refractivity contribution in [3.63, 3.8) is 0 Å². The number of hydrogen-bond donors (Lipinski definition) is 1. The Labute approximate surface area is 148 Å². The van der Waals surface area contributed by atoms with E-state index in [1.165, 1.54) is 0 Å². The van der Waals surface area contributed by atoms with Gasteiger partial charge in [0.1, 0.15) is 0 Å². The number of aliphatic hydroxyl groups is 1. The molecule has 3 atom stereocenters. The van der Waals surface area contributed by atoms with Crippen molar-refractivity contribution in [1.29, 1.82) is 0 Å². The van der Waals surface area contributed by atoms with Crippen molar-refractivity contribution >= 4 is 14.0 Å². The molecule has 24 heavy (non-hydrogen) atoms. The zero-order chi connectivity index (χ0) is 18.3. The minimum atomic E-state index is -1.23. The first-order valence-corrected chi connectivity index (χ1v) is 12.5. The fourth-order valence-corrected chi connectivity index (χ4v) is 4.86. The number of allylic oxidation sites excluding steroid dienone is 2. The van der Waals surface area contributed by atoms with Gasteiger partial charge in [-0.2, -0.15) is 0 Å². The molecular weight excluding hydrogens is 314 g/mol. The van der Waals surface area contributed by atoms with E-state index in [0.717, 1.165) is 11.6 Å². The molecule has 0 unspecified atom stereocenters. The first kappa shape index (κ1) is 20.7. The lowest BCUT2D eigenvalue weighted by molar-refractivity contribution is -0.134. The van der Waals surface area contributed by atoms with Crippen molar-refractivity contribution in [2.75, 3.05) is 7.05 Å². The minimum Gasteiger partial charge on any atom is -0.386 e. The topological polar surface area (TPSA) is 40.5 Å². The van der Waals surface area contributed by atoms with E-state index in [4.69, 9.17) is 0 Å². The van der Waals surface area contributed by atoms with E-state index in [-0.39, 0.29) is 17.9 Å². The van der Waals surface area contributed by atoms with Gasteiger partial charge in [-0.25, -0.2) is 0 Å². The summed E-state index contributed by atoms with van der Waals surface area (Å²) in [7, 11) is 0.560. The number of carbonyl (C=O) groups excluding carboxylic acids is 1. The Hall–Kier alpha value is -1.39. The molecule has 1 N–H and O–H groups in total. The molecule has 1 rings (SSSR count). The highest BCUT2D eigenvalue weighted by Crippen LogP contribution is 2.24. The highest BCUT2D eigenvalue weighted by molar-refractivity contribution is 6.76. The van der Waals surface area contributed by atoms with Gasteiger partial charge in [-0.1, -0.05) is 68.2 Å². The summed E-state index contributed by atoms with van der Waals surface area (Å²) in [6, 6.07) is 10.4.